The van der Waals surface area contributed by atoms with Gasteiger partial charge in [-0.1, -0.05) is 16.8 Å². The van der Waals surface area contributed by atoms with Crippen LogP contribution in [-0.2, 0) is 16.4 Å². The lowest BCUT2D eigenvalue weighted by Crippen LogP contribution is -2.16. The maximum absolute atomic E-state index is 13.2. The molecule has 0 spiro atoms. The van der Waals surface area contributed by atoms with Crippen LogP contribution in [0.1, 0.15) is 32.0 Å². The summed E-state index contributed by atoms with van der Waals surface area (Å²) in [5, 5.41) is 4.85. The maximum Gasteiger partial charge on any atom is 0.265 e. The number of ether oxygens (including phenoxy) is 2. The van der Waals surface area contributed by atoms with Gasteiger partial charge in [0.15, 0.2) is 17.3 Å². The van der Waals surface area contributed by atoms with Gasteiger partial charge in [-0.25, -0.2) is 13.1 Å². The molecule has 0 amide bonds. The van der Waals surface area contributed by atoms with Crippen molar-refractivity contribution in [2.45, 2.75) is 25.1 Å². The van der Waals surface area contributed by atoms with Gasteiger partial charge in [0.25, 0.3) is 15.9 Å². The van der Waals surface area contributed by atoms with Crippen LogP contribution in [0.25, 0.3) is 0 Å². The van der Waals surface area contributed by atoms with Crippen molar-refractivity contribution in [2.75, 3.05) is 11.5 Å². The van der Waals surface area contributed by atoms with Crippen LogP contribution in [0.5, 0.6) is 11.5 Å². The molecular weight excluding hydrogens is 440 g/mol. The van der Waals surface area contributed by atoms with E-state index in [1.54, 1.807) is 0 Å². The second kappa shape index (κ2) is 7.36. The number of anilines is 1. The molecule has 0 aliphatic carbocycles. The van der Waals surface area contributed by atoms with Gasteiger partial charge >= 0.3 is 0 Å². The number of nitrogens with zero attached hydrogens (tertiary/aromatic N) is 1. The number of halogens is 1. The summed E-state index contributed by atoms with van der Waals surface area (Å²) in [5.74, 6) is -1.45. The highest BCUT2D eigenvalue weighted by Gasteiger charge is 2.27. The lowest BCUT2D eigenvalue weighted by Gasteiger charge is -2.09. The molecule has 3 heterocycles. The quantitative estimate of drug-likeness (QED) is 0.557. The number of nitrogens with one attached hydrogen (secondary N) is 1. The molecule has 0 atom stereocenters. The van der Waals surface area contributed by atoms with Gasteiger partial charge in [-0.3, -0.25) is 4.79 Å². The minimum absolute atomic E-state index is 0.0483. The Morgan fingerprint density at radius 1 is 1.38 bits per heavy atom. The number of aryl methyl sites for hydroxylation is 2. The molecule has 1 aromatic carbocycles. The molecule has 8 nitrogen and oxygen atoms in total. The number of fused-ring (bicyclic) bond motifs is 1. The van der Waals surface area contributed by atoms with Crippen molar-refractivity contribution in [1.82, 2.24) is 5.16 Å². The van der Waals surface area contributed by atoms with Crippen molar-refractivity contribution in [3.8, 4) is 11.5 Å². The molecule has 4 rings (SSSR count). The summed E-state index contributed by atoms with van der Waals surface area (Å²) in [6.07, 6.45) is -2.67. The van der Waals surface area contributed by atoms with Crippen LogP contribution in [0, 0.1) is 13.8 Å². The molecular formula is C18H15ClN2O6S2. The second-order valence-electron chi connectivity index (χ2n) is 5.99. The number of carbonyl (C=O) groups is 1. The van der Waals surface area contributed by atoms with Gasteiger partial charge in [-0.15, -0.1) is 11.3 Å². The first-order valence-electron chi connectivity index (χ1n) is 10.0. The fourth-order valence-electron chi connectivity index (χ4n) is 2.52. The van der Waals surface area contributed by atoms with Gasteiger partial charge in [-0.05, 0) is 48.6 Å². The number of ketones is 1. The zero-order valence-electron chi connectivity index (χ0n) is 18.9. The van der Waals surface area contributed by atoms with Crippen molar-refractivity contribution in [3.05, 3.63) is 50.3 Å². The summed E-state index contributed by atoms with van der Waals surface area (Å²) in [5.41, 5.74) is 0.428. The van der Waals surface area contributed by atoms with Crippen molar-refractivity contribution >= 4 is 44.6 Å². The van der Waals surface area contributed by atoms with E-state index in [1.807, 2.05) is 0 Å². The molecule has 0 radical (unpaired) electrons. The van der Waals surface area contributed by atoms with Crippen LogP contribution >= 0.6 is 22.9 Å². The SMILES string of the molecule is [2H]C1([2H])Oc2cc(C)c(C([2H])([2H])C(=O)c3sccc3S(=O)(=O)Nc3onc(C)c3Cl)cc2O1. The summed E-state index contributed by atoms with van der Waals surface area (Å²) in [6, 6.07) is 3.68. The summed E-state index contributed by atoms with van der Waals surface area (Å²) in [4.78, 5) is 12.4. The number of Topliss-reactive ketones (excluding diaryl/α,β-unsaturated/α-hetero) is 1. The van der Waals surface area contributed by atoms with Crippen molar-refractivity contribution < 1.29 is 32.7 Å². The van der Waals surface area contributed by atoms with Crippen LogP contribution in [0.2, 0.25) is 5.02 Å². The molecule has 3 aromatic rings. The summed E-state index contributed by atoms with van der Waals surface area (Å²) < 4.78 is 74.8. The van der Waals surface area contributed by atoms with Crippen molar-refractivity contribution in [2.24, 2.45) is 0 Å². The summed E-state index contributed by atoms with van der Waals surface area (Å²) >= 11 is 6.71. The van der Waals surface area contributed by atoms with Gasteiger partial charge in [0.1, 0.15) is 18.4 Å². The molecule has 0 saturated heterocycles. The third-order valence-corrected chi connectivity index (χ3v) is 6.85. The Labute approximate surface area is 181 Å². The van der Waals surface area contributed by atoms with Crippen molar-refractivity contribution in [1.29, 1.82) is 0 Å². The Bertz CT molecular complexity index is 1390. The molecule has 0 bridgehead atoms. The third-order valence-electron chi connectivity index (χ3n) is 3.98. The molecule has 0 unspecified atom stereocenters. The van der Waals surface area contributed by atoms with Crippen LogP contribution in [0.4, 0.5) is 5.88 Å². The van der Waals surface area contributed by atoms with E-state index in [4.69, 9.17) is 31.1 Å². The summed E-state index contributed by atoms with van der Waals surface area (Å²) in [6.45, 7) is 0.599. The topological polar surface area (TPSA) is 108 Å². The highest BCUT2D eigenvalue weighted by atomic mass is 35.5. The average Bonchev–Trinajstić information content (AvgIpc) is 3.39. The van der Waals surface area contributed by atoms with E-state index in [0.717, 1.165) is 17.4 Å². The largest absolute Gasteiger partial charge is 0.454 e. The molecule has 2 aromatic heterocycles. The number of hydrogen-bond donors (Lipinski definition) is 1. The van der Waals surface area contributed by atoms with Gasteiger partial charge in [0.05, 0.1) is 4.88 Å². The van der Waals surface area contributed by atoms with E-state index < -0.39 is 33.8 Å². The van der Waals surface area contributed by atoms with E-state index in [0.29, 0.717) is 0 Å². The number of aromatic nitrogens is 1. The van der Waals surface area contributed by atoms with E-state index in [9.17, 15) is 13.2 Å². The Balaban J connectivity index is 1.70. The molecule has 11 heteroatoms. The smallest absolute Gasteiger partial charge is 0.265 e. The fourth-order valence-corrected chi connectivity index (χ4v) is 5.01. The zero-order valence-corrected chi connectivity index (χ0v) is 17.3. The van der Waals surface area contributed by atoms with Crippen LogP contribution < -0.4 is 14.2 Å². The first-order chi connectivity index (χ1) is 15.2. The highest BCUT2D eigenvalue weighted by molar-refractivity contribution is 7.93. The van der Waals surface area contributed by atoms with E-state index in [1.165, 1.54) is 31.4 Å². The first-order valence-corrected chi connectivity index (χ1v) is 10.8. The van der Waals surface area contributed by atoms with E-state index in [-0.39, 0.29) is 44.1 Å². The number of rotatable bonds is 6. The van der Waals surface area contributed by atoms with Crippen molar-refractivity contribution in [3.63, 3.8) is 0 Å². The Kier molecular flexibility index (Phi) is 3.88. The lowest BCUT2D eigenvalue weighted by atomic mass is 10.0. The van der Waals surface area contributed by atoms with Crippen LogP contribution in [0.3, 0.4) is 0 Å². The Morgan fingerprint density at radius 2 is 2.10 bits per heavy atom. The second-order valence-corrected chi connectivity index (χ2v) is 8.93. The van der Waals surface area contributed by atoms with Crippen LogP contribution in [0.15, 0.2) is 33.0 Å². The van der Waals surface area contributed by atoms with Gasteiger partial charge < -0.3 is 14.0 Å². The van der Waals surface area contributed by atoms with Gasteiger partial charge in [-0.2, -0.15) is 0 Å². The number of hydrogen-bond acceptors (Lipinski definition) is 8. The normalized spacial score (nSPS) is 17.2. The third kappa shape index (κ3) is 3.70. The minimum Gasteiger partial charge on any atom is -0.454 e. The first kappa shape index (κ1) is 15.3. The lowest BCUT2D eigenvalue weighted by molar-refractivity contribution is 0.0994. The van der Waals surface area contributed by atoms with E-state index >= 15 is 0 Å². The van der Waals surface area contributed by atoms with Gasteiger partial charge in [0.2, 0.25) is 6.75 Å². The molecule has 0 fully saturated rings. The monoisotopic (exact) mass is 458 g/mol. The Hall–Kier alpha value is -2.56. The minimum atomic E-state index is -4.37. The number of carbonyl (C=O) groups excluding carboxylic acids is 1. The molecule has 1 N–H and O–H groups in total. The Morgan fingerprint density at radius 3 is 2.79 bits per heavy atom. The average molecular weight is 459 g/mol. The van der Waals surface area contributed by atoms with E-state index in [2.05, 4.69) is 9.88 Å². The zero-order chi connectivity index (χ0) is 24.3. The summed E-state index contributed by atoms with van der Waals surface area (Å²) in [7, 11) is -4.37. The fraction of sp³-hybridized carbons (Fsp3) is 0.222. The number of benzene rings is 1. The molecule has 29 heavy (non-hydrogen) atoms. The predicted octanol–water partition coefficient (Wildman–Crippen LogP) is 3.96. The molecule has 1 aliphatic rings. The molecule has 1 aliphatic heterocycles. The van der Waals surface area contributed by atoms with Gasteiger partial charge in [0, 0.05) is 9.11 Å². The number of thiophene rings is 1. The predicted molar refractivity (Wildman–Crippen MR) is 107 cm³/mol. The maximum atomic E-state index is 13.2. The molecule has 152 valence electrons. The number of sulfonamides is 1. The van der Waals surface area contributed by atoms with Crippen LogP contribution in [-0.4, -0.2) is 26.1 Å². The highest BCUT2D eigenvalue weighted by Crippen LogP contribution is 2.36. The molecule has 0 saturated carbocycles. The standard InChI is InChI=1S/C18H15ClN2O6S2/c1-9-5-13-14(26-8-25-13)7-11(9)6-12(22)17-15(3-4-28-17)29(23,24)21-18-16(19)10(2)20-27-18/h3-5,7,21H,6,8H2,1-2H3/i6D2,8D2.